The molecule has 0 spiro atoms. The van der Waals surface area contributed by atoms with Gasteiger partial charge in [-0.3, -0.25) is 14.6 Å². The Hall–Kier alpha value is -3.94. The smallest absolute Gasteiger partial charge is 0.326 e. The zero-order valence-corrected chi connectivity index (χ0v) is 17.3. The molecule has 14 nitrogen and oxygen atoms in total. The molecular formula is C18H28N10O4. The number of carbonyl (C=O) groups is 3. The fourth-order valence-electron chi connectivity index (χ4n) is 2.84. The molecule has 2 amide bonds. The van der Waals surface area contributed by atoms with Crippen molar-refractivity contribution in [3.63, 3.8) is 0 Å². The Labute approximate surface area is 183 Å². The number of carbonyl (C=O) groups excluding carboxylic acids is 2. The number of guanidine groups is 1. The summed E-state index contributed by atoms with van der Waals surface area (Å²) in [7, 11) is 0. The van der Waals surface area contributed by atoms with Gasteiger partial charge in [0.25, 0.3) is 0 Å². The highest BCUT2D eigenvalue weighted by Gasteiger charge is 2.28. The van der Waals surface area contributed by atoms with E-state index < -0.39 is 35.9 Å². The molecular weight excluding hydrogens is 420 g/mol. The van der Waals surface area contributed by atoms with E-state index in [0.29, 0.717) is 30.8 Å². The number of carboxylic acids is 1. The van der Waals surface area contributed by atoms with Gasteiger partial charge in [-0.25, -0.2) is 14.8 Å². The van der Waals surface area contributed by atoms with Gasteiger partial charge in [0.15, 0.2) is 5.96 Å². The molecule has 0 saturated carbocycles. The number of aliphatic imine (C=N–C) groups is 1. The van der Waals surface area contributed by atoms with Crippen molar-refractivity contribution in [2.24, 2.45) is 22.2 Å². The van der Waals surface area contributed by atoms with Gasteiger partial charge in [0.2, 0.25) is 11.8 Å². The minimum atomic E-state index is -1.23. The number of H-pyrrole nitrogens is 2. The molecule has 14 heteroatoms. The summed E-state index contributed by atoms with van der Waals surface area (Å²) in [6, 6.07) is -3.20. The molecule has 0 radical (unpaired) electrons. The summed E-state index contributed by atoms with van der Waals surface area (Å²) < 4.78 is 0. The molecule has 11 N–H and O–H groups in total. The number of nitrogens with two attached hydrogens (primary N) is 3. The van der Waals surface area contributed by atoms with Crippen molar-refractivity contribution in [3.8, 4) is 0 Å². The quantitative estimate of drug-likeness (QED) is 0.0904. The molecule has 2 heterocycles. The van der Waals surface area contributed by atoms with Gasteiger partial charge < -0.3 is 42.9 Å². The minimum absolute atomic E-state index is 0.00387. The summed E-state index contributed by atoms with van der Waals surface area (Å²) >= 11 is 0. The average Bonchev–Trinajstić information content (AvgIpc) is 3.43. The zero-order chi connectivity index (χ0) is 23.5. The van der Waals surface area contributed by atoms with Gasteiger partial charge in [-0.05, 0) is 12.8 Å². The van der Waals surface area contributed by atoms with E-state index >= 15 is 0 Å². The zero-order valence-electron chi connectivity index (χ0n) is 17.3. The van der Waals surface area contributed by atoms with E-state index in [-0.39, 0.29) is 18.8 Å². The first-order chi connectivity index (χ1) is 15.3. The number of aliphatic carboxylic acids is 1. The van der Waals surface area contributed by atoms with E-state index in [1.807, 2.05) is 0 Å². The molecule has 0 aromatic carbocycles. The van der Waals surface area contributed by atoms with E-state index in [9.17, 15) is 19.5 Å². The second-order valence-electron chi connectivity index (χ2n) is 7.08. The Morgan fingerprint density at radius 2 is 1.56 bits per heavy atom. The van der Waals surface area contributed by atoms with Crippen molar-refractivity contribution in [1.82, 2.24) is 30.6 Å². The van der Waals surface area contributed by atoms with Crippen molar-refractivity contribution < 1.29 is 19.5 Å². The van der Waals surface area contributed by atoms with E-state index in [1.54, 1.807) is 0 Å². The predicted molar refractivity (Wildman–Crippen MR) is 114 cm³/mol. The van der Waals surface area contributed by atoms with Gasteiger partial charge in [0.05, 0.1) is 18.7 Å². The largest absolute Gasteiger partial charge is 0.480 e. The molecule has 2 aromatic heterocycles. The van der Waals surface area contributed by atoms with E-state index in [4.69, 9.17) is 17.2 Å². The van der Waals surface area contributed by atoms with Crippen LogP contribution in [-0.4, -0.2) is 73.5 Å². The van der Waals surface area contributed by atoms with Crippen molar-refractivity contribution in [1.29, 1.82) is 0 Å². The van der Waals surface area contributed by atoms with Gasteiger partial charge in [-0.1, -0.05) is 0 Å². The van der Waals surface area contributed by atoms with Crippen LogP contribution in [0.3, 0.4) is 0 Å². The number of hydrogen-bond acceptors (Lipinski definition) is 7. The normalized spacial score (nSPS) is 13.5. The summed E-state index contributed by atoms with van der Waals surface area (Å²) in [5, 5.41) is 14.5. The van der Waals surface area contributed by atoms with Crippen LogP contribution in [0.5, 0.6) is 0 Å². The summed E-state index contributed by atoms with van der Waals surface area (Å²) in [4.78, 5) is 54.2. The first-order valence-corrected chi connectivity index (χ1v) is 9.85. The first kappa shape index (κ1) is 24.3. The maximum absolute atomic E-state index is 12.9. The molecule has 0 aliphatic rings. The molecule has 32 heavy (non-hydrogen) atoms. The Bertz CT molecular complexity index is 893. The van der Waals surface area contributed by atoms with E-state index in [0.717, 1.165) is 0 Å². The van der Waals surface area contributed by atoms with Crippen LogP contribution in [0.15, 0.2) is 30.0 Å². The van der Waals surface area contributed by atoms with Crippen LogP contribution in [0.4, 0.5) is 0 Å². The van der Waals surface area contributed by atoms with E-state index in [2.05, 4.69) is 35.6 Å². The summed E-state index contributed by atoms with van der Waals surface area (Å²) in [5.74, 6) is -2.51. The molecule has 0 fully saturated rings. The maximum atomic E-state index is 12.9. The number of amides is 2. The van der Waals surface area contributed by atoms with Gasteiger partial charge in [-0.15, -0.1) is 0 Å². The Morgan fingerprint density at radius 1 is 1.00 bits per heavy atom. The minimum Gasteiger partial charge on any atom is -0.480 e. The number of nitrogens with one attached hydrogen (secondary N) is 4. The number of aromatic nitrogens is 4. The van der Waals surface area contributed by atoms with Gasteiger partial charge >= 0.3 is 5.97 Å². The number of hydrogen-bond donors (Lipinski definition) is 8. The van der Waals surface area contributed by atoms with Crippen molar-refractivity contribution in [2.75, 3.05) is 6.54 Å². The van der Waals surface area contributed by atoms with Gasteiger partial charge in [0.1, 0.15) is 12.1 Å². The highest BCUT2D eigenvalue weighted by atomic mass is 16.4. The number of carboxylic acid groups (broad SMARTS) is 1. The highest BCUT2D eigenvalue weighted by Crippen LogP contribution is 2.04. The van der Waals surface area contributed by atoms with Crippen LogP contribution in [0.1, 0.15) is 24.2 Å². The third-order valence-electron chi connectivity index (χ3n) is 4.51. The standard InChI is InChI=1S/C18H28N10O4/c19-12(2-1-3-24-18(20)21)15(29)27-13(4-10-6-22-8-25-10)16(30)28-14(17(31)32)5-11-7-23-9-26-11/h6-9,12-14H,1-5,19H2,(H,22,25)(H,23,26)(H,27,29)(H,28,30)(H,31,32)(H4,20,21,24). The van der Waals surface area contributed by atoms with Crippen LogP contribution in [0.2, 0.25) is 0 Å². The van der Waals surface area contributed by atoms with Crippen LogP contribution < -0.4 is 27.8 Å². The molecule has 0 bridgehead atoms. The van der Waals surface area contributed by atoms with E-state index in [1.165, 1.54) is 25.0 Å². The third kappa shape index (κ3) is 8.06. The van der Waals surface area contributed by atoms with Crippen molar-refractivity contribution in [2.45, 2.75) is 43.8 Å². The fourth-order valence-corrected chi connectivity index (χ4v) is 2.84. The topological polar surface area (TPSA) is 243 Å². The lowest BCUT2D eigenvalue weighted by Gasteiger charge is -2.22. The lowest BCUT2D eigenvalue weighted by Crippen LogP contribution is -2.55. The lowest BCUT2D eigenvalue weighted by atomic mass is 10.1. The average molecular weight is 448 g/mol. The van der Waals surface area contributed by atoms with Crippen LogP contribution in [0, 0.1) is 0 Å². The van der Waals surface area contributed by atoms with Crippen LogP contribution in [0.25, 0.3) is 0 Å². The fraction of sp³-hybridized carbons (Fsp3) is 0.444. The number of rotatable bonds is 13. The third-order valence-corrected chi connectivity index (χ3v) is 4.51. The Balaban J connectivity index is 2.03. The second-order valence-corrected chi connectivity index (χ2v) is 7.08. The van der Waals surface area contributed by atoms with Crippen molar-refractivity contribution >= 4 is 23.7 Å². The molecule has 174 valence electrons. The Kier molecular flexibility index (Phi) is 9.16. The van der Waals surface area contributed by atoms with Crippen LogP contribution in [-0.2, 0) is 27.2 Å². The number of nitrogens with zero attached hydrogens (tertiary/aromatic N) is 3. The molecule has 0 saturated heterocycles. The van der Waals surface area contributed by atoms with Crippen molar-refractivity contribution in [3.05, 3.63) is 36.4 Å². The van der Waals surface area contributed by atoms with Gasteiger partial charge in [-0.2, -0.15) is 0 Å². The monoisotopic (exact) mass is 448 g/mol. The molecule has 0 aliphatic carbocycles. The Morgan fingerprint density at radius 3 is 2.06 bits per heavy atom. The molecule has 0 aliphatic heterocycles. The molecule has 2 aromatic rings. The number of aromatic amines is 2. The lowest BCUT2D eigenvalue weighted by molar-refractivity contribution is -0.142. The molecule has 3 atom stereocenters. The van der Waals surface area contributed by atoms with Crippen LogP contribution >= 0.6 is 0 Å². The molecule has 3 unspecified atom stereocenters. The maximum Gasteiger partial charge on any atom is 0.326 e. The molecule has 2 rings (SSSR count). The highest BCUT2D eigenvalue weighted by molar-refractivity contribution is 5.92. The summed E-state index contributed by atoms with van der Waals surface area (Å²) in [5.41, 5.74) is 17.5. The van der Waals surface area contributed by atoms with Gasteiger partial charge in [0, 0.05) is 43.2 Å². The second kappa shape index (κ2) is 12.0. The summed E-state index contributed by atoms with van der Waals surface area (Å²) in [6.45, 7) is 0.315. The SMILES string of the molecule is NC(N)=NCCCC(N)C(=O)NC(Cc1cnc[nH]1)C(=O)NC(Cc1cnc[nH]1)C(=O)O. The summed E-state index contributed by atoms with van der Waals surface area (Å²) in [6.07, 6.45) is 6.62. The first-order valence-electron chi connectivity index (χ1n) is 9.85. The number of imidazole rings is 2. The predicted octanol–water partition coefficient (Wildman–Crippen LogP) is -2.65.